The van der Waals surface area contributed by atoms with Gasteiger partial charge in [-0.25, -0.2) is 0 Å². The van der Waals surface area contributed by atoms with Crippen LogP contribution in [0, 0.1) is 0 Å². The quantitative estimate of drug-likeness (QED) is 0.446. The standard InChI is InChI=1S/C21H18Cl2N2O/c1-13(26)21(24-16-5-3-2-4-6-16)25-19-9-7-14(22)11-17(19)18-12-15(23)8-10-20(18)25/h2-13,21,24,26H,1H3. The lowest BCUT2D eigenvalue weighted by Crippen LogP contribution is -2.28. The van der Waals surface area contributed by atoms with E-state index in [0.717, 1.165) is 27.5 Å². The smallest absolute Gasteiger partial charge is 0.130 e. The van der Waals surface area contributed by atoms with E-state index in [2.05, 4.69) is 9.88 Å². The van der Waals surface area contributed by atoms with Gasteiger partial charge < -0.3 is 15.0 Å². The molecule has 1 heterocycles. The molecule has 0 saturated carbocycles. The van der Waals surface area contributed by atoms with Gasteiger partial charge in [0.1, 0.15) is 6.17 Å². The molecule has 3 aromatic carbocycles. The number of hydrogen-bond donors (Lipinski definition) is 2. The molecule has 0 aliphatic heterocycles. The van der Waals surface area contributed by atoms with E-state index < -0.39 is 6.10 Å². The van der Waals surface area contributed by atoms with Crippen LogP contribution in [0.3, 0.4) is 0 Å². The maximum Gasteiger partial charge on any atom is 0.130 e. The molecule has 4 rings (SSSR count). The molecular formula is C21H18Cl2N2O. The van der Waals surface area contributed by atoms with Gasteiger partial charge >= 0.3 is 0 Å². The first kappa shape index (κ1) is 17.2. The highest BCUT2D eigenvalue weighted by atomic mass is 35.5. The number of halogens is 2. The van der Waals surface area contributed by atoms with Gasteiger partial charge in [-0.2, -0.15) is 0 Å². The summed E-state index contributed by atoms with van der Waals surface area (Å²) in [5, 5.41) is 17.3. The fraction of sp³-hybridized carbons (Fsp3) is 0.143. The van der Waals surface area contributed by atoms with Crippen molar-refractivity contribution in [3.8, 4) is 0 Å². The number of hydrogen-bond acceptors (Lipinski definition) is 2. The van der Waals surface area contributed by atoms with E-state index in [0.29, 0.717) is 10.0 Å². The van der Waals surface area contributed by atoms with Crippen molar-refractivity contribution in [1.82, 2.24) is 4.57 Å². The SMILES string of the molecule is CC(O)C(Nc1ccccc1)n1c2ccc(Cl)cc2c2cc(Cl)ccc21. The summed E-state index contributed by atoms with van der Waals surface area (Å²) >= 11 is 12.5. The Morgan fingerprint density at radius 3 is 1.88 bits per heavy atom. The average Bonchev–Trinajstić information content (AvgIpc) is 2.93. The molecule has 0 fully saturated rings. The van der Waals surface area contributed by atoms with E-state index in [-0.39, 0.29) is 6.17 Å². The highest BCUT2D eigenvalue weighted by Gasteiger charge is 2.22. The number of aliphatic hydroxyl groups excluding tert-OH is 1. The fourth-order valence-electron chi connectivity index (χ4n) is 3.40. The van der Waals surface area contributed by atoms with Crippen molar-refractivity contribution in [3.63, 3.8) is 0 Å². The highest BCUT2D eigenvalue weighted by Crippen LogP contribution is 2.36. The third kappa shape index (κ3) is 3.03. The van der Waals surface area contributed by atoms with Crippen LogP contribution < -0.4 is 5.32 Å². The lowest BCUT2D eigenvalue weighted by atomic mass is 10.1. The minimum atomic E-state index is -0.625. The zero-order chi connectivity index (χ0) is 18.3. The van der Waals surface area contributed by atoms with Gasteiger partial charge in [0, 0.05) is 26.5 Å². The van der Waals surface area contributed by atoms with Crippen LogP contribution in [0.2, 0.25) is 10.0 Å². The van der Waals surface area contributed by atoms with Crippen LogP contribution in [0.4, 0.5) is 5.69 Å². The molecule has 1 aromatic heterocycles. The van der Waals surface area contributed by atoms with Gasteiger partial charge in [-0.05, 0) is 55.5 Å². The Balaban J connectivity index is 1.97. The van der Waals surface area contributed by atoms with Crippen LogP contribution in [0.15, 0.2) is 66.7 Å². The zero-order valence-corrected chi connectivity index (χ0v) is 15.7. The van der Waals surface area contributed by atoms with Crippen molar-refractivity contribution in [1.29, 1.82) is 0 Å². The Labute approximate surface area is 161 Å². The molecule has 0 aliphatic carbocycles. The van der Waals surface area contributed by atoms with E-state index in [4.69, 9.17) is 23.2 Å². The average molecular weight is 385 g/mol. The normalized spacial score (nSPS) is 13.8. The number of para-hydroxylation sites is 1. The van der Waals surface area contributed by atoms with Crippen LogP contribution in [-0.2, 0) is 0 Å². The summed E-state index contributed by atoms with van der Waals surface area (Å²) in [5.74, 6) is 0. The van der Waals surface area contributed by atoms with Crippen molar-refractivity contribution in [2.75, 3.05) is 5.32 Å². The van der Waals surface area contributed by atoms with Gasteiger partial charge in [-0.15, -0.1) is 0 Å². The molecular weight excluding hydrogens is 367 g/mol. The molecule has 132 valence electrons. The third-order valence-electron chi connectivity index (χ3n) is 4.55. The molecule has 5 heteroatoms. The van der Waals surface area contributed by atoms with Gasteiger partial charge in [0.15, 0.2) is 0 Å². The highest BCUT2D eigenvalue weighted by molar-refractivity contribution is 6.33. The van der Waals surface area contributed by atoms with Crippen molar-refractivity contribution >= 4 is 50.7 Å². The first-order valence-corrected chi connectivity index (χ1v) is 9.18. The molecule has 0 aliphatic rings. The van der Waals surface area contributed by atoms with Gasteiger partial charge in [0.2, 0.25) is 0 Å². The zero-order valence-electron chi connectivity index (χ0n) is 14.2. The number of benzene rings is 3. The van der Waals surface area contributed by atoms with Crippen LogP contribution in [0.1, 0.15) is 13.1 Å². The third-order valence-corrected chi connectivity index (χ3v) is 5.02. The maximum absolute atomic E-state index is 10.5. The van der Waals surface area contributed by atoms with E-state index in [1.807, 2.05) is 66.7 Å². The Morgan fingerprint density at radius 2 is 1.38 bits per heavy atom. The molecule has 26 heavy (non-hydrogen) atoms. The van der Waals surface area contributed by atoms with Crippen molar-refractivity contribution in [2.24, 2.45) is 0 Å². The number of fused-ring (bicyclic) bond motifs is 3. The summed E-state index contributed by atoms with van der Waals surface area (Å²) in [6.07, 6.45) is -0.972. The first-order chi connectivity index (χ1) is 12.5. The van der Waals surface area contributed by atoms with Gasteiger partial charge in [0.25, 0.3) is 0 Å². The Kier molecular flexibility index (Phi) is 4.53. The molecule has 0 bridgehead atoms. The molecule has 4 aromatic rings. The molecule has 0 saturated heterocycles. The molecule has 0 radical (unpaired) electrons. The summed E-state index contributed by atoms with van der Waals surface area (Å²) in [6, 6.07) is 21.4. The lowest BCUT2D eigenvalue weighted by molar-refractivity contribution is 0.147. The van der Waals surface area contributed by atoms with Crippen LogP contribution >= 0.6 is 23.2 Å². The van der Waals surface area contributed by atoms with Crippen molar-refractivity contribution < 1.29 is 5.11 Å². The number of nitrogens with one attached hydrogen (secondary N) is 1. The second-order valence-electron chi connectivity index (χ2n) is 6.39. The van der Waals surface area contributed by atoms with Crippen molar-refractivity contribution in [2.45, 2.75) is 19.2 Å². The monoisotopic (exact) mass is 384 g/mol. The minimum Gasteiger partial charge on any atom is -0.389 e. The Bertz CT molecular complexity index is 1010. The van der Waals surface area contributed by atoms with Gasteiger partial charge in [-0.3, -0.25) is 0 Å². The molecule has 2 N–H and O–H groups in total. The number of aromatic nitrogens is 1. The summed E-state index contributed by atoms with van der Waals surface area (Å²) in [5.41, 5.74) is 2.92. The predicted octanol–water partition coefficient (Wildman–Crippen LogP) is 6.09. The van der Waals surface area contributed by atoms with Gasteiger partial charge in [0.05, 0.1) is 17.1 Å². The van der Waals surface area contributed by atoms with E-state index in [9.17, 15) is 5.11 Å². The van der Waals surface area contributed by atoms with Gasteiger partial charge in [-0.1, -0.05) is 41.4 Å². The fourth-order valence-corrected chi connectivity index (χ4v) is 3.75. The topological polar surface area (TPSA) is 37.2 Å². The molecule has 3 nitrogen and oxygen atoms in total. The summed E-state index contributed by atoms with van der Waals surface area (Å²) in [6.45, 7) is 1.78. The number of rotatable bonds is 4. The summed E-state index contributed by atoms with van der Waals surface area (Å²) < 4.78 is 2.11. The maximum atomic E-state index is 10.5. The van der Waals surface area contributed by atoms with Crippen LogP contribution in [0.25, 0.3) is 21.8 Å². The second kappa shape index (κ2) is 6.84. The minimum absolute atomic E-state index is 0.347. The van der Waals surface area contributed by atoms with Crippen LogP contribution in [0.5, 0.6) is 0 Å². The Hall–Kier alpha value is -2.20. The predicted molar refractivity (Wildman–Crippen MR) is 110 cm³/mol. The van der Waals surface area contributed by atoms with Crippen molar-refractivity contribution in [3.05, 3.63) is 76.8 Å². The van der Waals surface area contributed by atoms with Crippen LogP contribution in [-0.4, -0.2) is 15.8 Å². The largest absolute Gasteiger partial charge is 0.389 e. The lowest BCUT2D eigenvalue weighted by Gasteiger charge is -2.26. The molecule has 0 spiro atoms. The van der Waals surface area contributed by atoms with E-state index in [1.165, 1.54) is 0 Å². The van der Waals surface area contributed by atoms with E-state index >= 15 is 0 Å². The molecule has 0 amide bonds. The van der Waals surface area contributed by atoms with E-state index in [1.54, 1.807) is 6.92 Å². The second-order valence-corrected chi connectivity index (χ2v) is 7.26. The number of anilines is 1. The Morgan fingerprint density at radius 1 is 0.846 bits per heavy atom. The molecule has 2 unspecified atom stereocenters. The number of aliphatic hydroxyl groups is 1. The molecule has 2 atom stereocenters. The summed E-state index contributed by atoms with van der Waals surface area (Å²) in [7, 11) is 0. The number of nitrogens with zero attached hydrogens (tertiary/aromatic N) is 1. The first-order valence-electron chi connectivity index (χ1n) is 8.43. The summed E-state index contributed by atoms with van der Waals surface area (Å²) in [4.78, 5) is 0.